The molecule has 3 aromatic rings. The summed E-state index contributed by atoms with van der Waals surface area (Å²) < 4.78 is 17.3. The summed E-state index contributed by atoms with van der Waals surface area (Å²) in [5.41, 5.74) is 1.26. The van der Waals surface area contributed by atoms with Gasteiger partial charge >= 0.3 is 5.97 Å². The third kappa shape index (κ3) is 14.6. The van der Waals surface area contributed by atoms with Gasteiger partial charge in [-0.15, -0.1) is 16.8 Å². The first-order valence-corrected chi connectivity index (χ1v) is 17.8. The predicted octanol–water partition coefficient (Wildman–Crippen LogP) is 11.3. The zero-order valence-corrected chi connectivity index (χ0v) is 27.6. The van der Waals surface area contributed by atoms with Crippen LogP contribution >= 0.6 is 11.8 Å². The van der Waals surface area contributed by atoms with Crippen LogP contribution in [0.3, 0.4) is 0 Å². The van der Waals surface area contributed by atoms with Crippen LogP contribution in [0.25, 0.3) is 11.5 Å². The van der Waals surface area contributed by atoms with Gasteiger partial charge < -0.3 is 13.9 Å². The van der Waals surface area contributed by atoms with E-state index >= 15 is 0 Å². The monoisotopic (exact) mass is 620 g/mol. The van der Waals surface area contributed by atoms with Crippen LogP contribution in [0.4, 0.5) is 0 Å². The zero-order valence-electron chi connectivity index (χ0n) is 26.8. The summed E-state index contributed by atoms with van der Waals surface area (Å²) in [6.07, 6.45) is 23.5. The van der Waals surface area contributed by atoms with Gasteiger partial charge in [-0.25, -0.2) is 4.79 Å². The van der Waals surface area contributed by atoms with E-state index in [0.29, 0.717) is 29.0 Å². The number of aromatic nitrogens is 2. The minimum absolute atomic E-state index is 0.412. The summed E-state index contributed by atoms with van der Waals surface area (Å²) in [4.78, 5) is 12.7. The first-order chi connectivity index (χ1) is 21.7. The third-order valence-electron chi connectivity index (χ3n) is 7.60. The molecule has 0 saturated heterocycles. The second kappa shape index (κ2) is 22.4. The highest BCUT2D eigenvalue weighted by molar-refractivity contribution is 7.99. The number of hydrogen-bond donors (Lipinski definition) is 0. The molecule has 0 N–H and O–H groups in total. The van der Waals surface area contributed by atoms with Crippen LogP contribution < -0.4 is 9.47 Å². The van der Waals surface area contributed by atoms with E-state index in [2.05, 4.69) is 23.7 Å². The fraction of sp³-hybridized carbons (Fsp3) is 0.541. The van der Waals surface area contributed by atoms with Crippen molar-refractivity contribution in [3.8, 4) is 23.0 Å². The van der Waals surface area contributed by atoms with E-state index in [1.54, 1.807) is 36.0 Å². The molecule has 0 aliphatic heterocycles. The summed E-state index contributed by atoms with van der Waals surface area (Å²) in [5.74, 6) is 2.26. The van der Waals surface area contributed by atoms with Gasteiger partial charge in [0.2, 0.25) is 5.89 Å². The molecule has 0 radical (unpaired) electrons. The first-order valence-electron chi connectivity index (χ1n) is 16.8. The molecule has 1 aromatic heterocycles. The maximum atomic E-state index is 12.7. The fourth-order valence-electron chi connectivity index (χ4n) is 4.94. The summed E-state index contributed by atoms with van der Waals surface area (Å²) in [7, 11) is 0. The molecule has 2 aromatic carbocycles. The van der Waals surface area contributed by atoms with Crippen molar-refractivity contribution in [3.05, 3.63) is 66.7 Å². The molecule has 240 valence electrons. The summed E-state index contributed by atoms with van der Waals surface area (Å²) in [6, 6.07) is 14.2. The molecule has 7 heteroatoms. The van der Waals surface area contributed by atoms with Gasteiger partial charge in [0.05, 0.1) is 12.2 Å². The van der Waals surface area contributed by atoms with E-state index in [0.717, 1.165) is 36.3 Å². The second-order valence-corrected chi connectivity index (χ2v) is 12.4. The van der Waals surface area contributed by atoms with Crippen molar-refractivity contribution >= 4 is 17.7 Å². The predicted molar refractivity (Wildman–Crippen MR) is 182 cm³/mol. The van der Waals surface area contributed by atoms with Gasteiger partial charge in [-0.1, -0.05) is 108 Å². The number of thioether (sulfide) groups is 1. The van der Waals surface area contributed by atoms with Crippen molar-refractivity contribution in [1.82, 2.24) is 10.2 Å². The Bertz CT molecular complexity index is 1180. The molecule has 0 aliphatic carbocycles. The topological polar surface area (TPSA) is 74.5 Å². The van der Waals surface area contributed by atoms with Crippen LogP contribution in [-0.2, 0) is 0 Å². The van der Waals surface area contributed by atoms with Crippen molar-refractivity contribution in [1.29, 1.82) is 0 Å². The lowest BCUT2D eigenvalue weighted by atomic mass is 10.1. The van der Waals surface area contributed by atoms with Crippen molar-refractivity contribution in [2.45, 2.75) is 121 Å². The molecule has 3 rings (SSSR count). The van der Waals surface area contributed by atoms with Crippen LogP contribution in [0, 0.1) is 0 Å². The number of benzene rings is 2. The van der Waals surface area contributed by atoms with E-state index in [1.165, 1.54) is 89.9 Å². The molecule has 0 aliphatic rings. The van der Waals surface area contributed by atoms with Crippen molar-refractivity contribution < 1.29 is 18.7 Å². The molecule has 1 heterocycles. The minimum Gasteiger partial charge on any atom is -0.494 e. The Kier molecular flexibility index (Phi) is 18.1. The van der Waals surface area contributed by atoms with Gasteiger partial charge in [-0.05, 0) is 74.2 Å². The number of nitrogens with zero attached hydrogens (tertiary/aromatic N) is 2. The van der Waals surface area contributed by atoms with Crippen LogP contribution in [0.15, 0.2) is 70.8 Å². The molecule has 44 heavy (non-hydrogen) atoms. The number of ether oxygens (including phenoxy) is 2. The molecule has 0 atom stereocenters. The zero-order chi connectivity index (χ0) is 31.1. The maximum absolute atomic E-state index is 12.7. The number of carbonyl (C=O) groups is 1. The smallest absolute Gasteiger partial charge is 0.343 e. The van der Waals surface area contributed by atoms with E-state index in [4.69, 9.17) is 13.9 Å². The van der Waals surface area contributed by atoms with Crippen LogP contribution in [0.1, 0.15) is 126 Å². The minimum atomic E-state index is -0.412. The molecule has 0 unspecified atom stereocenters. The van der Waals surface area contributed by atoms with Gasteiger partial charge in [0.1, 0.15) is 11.5 Å². The quantitative estimate of drug-likeness (QED) is 0.0307. The van der Waals surface area contributed by atoms with E-state index in [9.17, 15) is 4.79 Å². The average Bonchev–Trinajstić information content (AvgIpc) is 3.52. The molecule has 0 fully saturated rings. The van der Waals surface area contributed by atoms with Crippen molar-refractivity contribution in [3.63, 3.8) is 0 Å². The van der Waals surface area contributed by atoms with E-state index in [1.807, 2.05) is 30.3 Å². The van der Waals surface area contributed by atoms with E-state index in [-0.39, 0.29) is 0 Å². The lowest BCUT2D eigenvalue weighted by molar-refractivity contribution is 0.0734. The summed E-state index contributed by atoms with van der Waals surface area (Å²) >= 11 is 1.61. The van der Waals surface area contributed by atoms with Gasteiger partial charge in [0.25, 0.3) is 5.22 Å². The van der Waals surface area contributed by atoms with Crippen LogP contribution in [-0.4, -0.2) is 28.5 Å². The summed E-state index contributed by atoms with van der Waals surface area (Å²) in [5, 5.41) is 8.96. The highest BCUT2D eigenvalue weighted by Crippen LogP contribution is 2.26. The fourth-order valence-corrected chi connectivity index (χ4v) is 5.70. The lowest BCUT2D eigenvalue weighted by Crippen LogP contribution is -2.08. The van der Waals surface area contributed by atoms with Crippen LogP contribution in [0.2, 0.25) is 0 Å². The number of unbranched alkanes of at least 4 members (excludes halogenated alkanes) is 15. The lowest BCUT2D eigenvalue weighted by Gasteiger charge is -2.08. The number of hydrogen-bond acceptors (Lipinski definition) is 7. The Morgan fingerprint density at radius 1 is 0.750 bits per heavy atom. The van der Waals surface area contributed by atoms with Crippen molar-refractivity contribution in [2.24, 2.45) is 0 Å². The Labute approximate surface area is 269 Å². The standard InChI is InChI=1S/C37H52N2O4S/c1-3-5-7-9-11-13-15-17-19-29-41-33-25-23-32(24-26-33)36(40)42-34-27-21-31(22-28-34)35-38-39-37(43-35)44-30-20-18-16-14-12-10-8-6-4-2/h3,21-28H,1,4-20,29-30H2,2H3. The first kappa shape index (κ1) is 35.4. The van der Waals surface area contributed by atoms with Gasteiger partial charge in [0.15, 0.2) is 0 Å². The van der Waals surface area contributed by atoms with Crippen LogP contribution in [0.5, 0.6) is 11.5 Å². The Hall–Kier alpha value is -3.06. The molecule has 0 spiro atoms. The number of allylic oxidation sites excluding steroid dienone is 1. The van der Waals surface area contributed by atoms with Gasteiger partial charge in [-0.3, -0.25) is 0 Å². The van der Waals surface area contributed by atoms with E-state index < -0.39 is 5.97 Å². The SMILES string of the molecule is C=CCCCCCCCCCOc1ccc(C(=O)Oc2ccc(-c3nnc(SCCCCCCCCCCC)o3)cc2)cc1. The Morgan fingerprint density at radius 2 is 1.34 bits per heavy atom. The third-order valence-corrected chi connectivity index (χ3v) is 8.51. The highest BCUT2D eigenvalue weighted by atomic mass is 32.2. The maximum Gasteiger partial charge on any atom is 0.343 e. The van der Waals surface area contributed by atoms with Gasteiger partial charge in [0, 0.05) is 11.3 Å². The molecular weight excluding hydrogens is 568 g/mol. The average molecular weight is 621 g/mol. The molecule has 6 nitrogen and oxygen atoms in total. The molecule has 0 bridgehead atoms. The molecule has 0 saturated carbocycles. The summed E-state index contributed by atoms with van der Waals surface area (Å²) in [6.45, 7) is 6.71. The number of carbonyl (C=O) groups excluding carboxylic acids is 1. The Morgan fingerprint density at radius 3 is 2.00 bits per heavy atom. The Balaban J connectivity index is 1.29. The number of esters is 1. The highest BCUT2D eigenvalue weighted by Gasteiger charge is 2.12. The molecule has 0 amide bonds. The van der Waals surface area contributed by atoms with Gasteiger partial charge in [-0.2, -0.15) is 0 Å². The van der Waals surface area contributed by atoms with Crippen molar-refractivity contribution in [2.75, 3.05) is 12.4 Å². The largest absolute Gasteiger partial charge is 0.494 e. The number of rotatable bonds is 25. The molecular formula is C37H52N2O4S. The second-order valence-electron chi connectivity index (χ2n) is 11.4. The normalized spacial score (nSPS) is 11.0.